The first-order valence-corrected chi connectivity index (χ1v) is 7.20. The molecule has 1 aromatic carbocycles. The average molecular weight is 257 g/mol. The number of hydrogen-bond acceptors (Lipinski definition) is 3. The zero-order valence-corrected chi connectivity index (χ0v) is 11.0. The summed E-state index contributed by atoms with van der Waals surface area (Å²) in [4.78, 5) is 0.263. The lowest BCUT2D eigenvalue weighted by molar-refractivity contribution is 0.275. The molecule has 96 valence electrons. The number of aliphatic hydroxyl groups excluding tert-OH is 1. The van der Waals surface area contributed by atoms with Gasteiger partial charge in [0.2, 0.25) is 10.0 Å². The predicted molar refractivity (Wildman–Crippen MR) is 67.3 cm³/mol. The summed E-state index contributed by atoms with van der Waals surface area (Å²) in [5.74, 6) is 0. The van der Waals surface area contributed by atoms with Gasteiger partial charge in [0.25, 0.3) is 0 Å². The second-order valence-corrected chi connectivity index (χ2v) is 5.75. The van der Waals surface area contributed by atoms with E-state index in [2.05, 4.69) is 4.72 Å². The van der Waals surface area contributed by atoms with Gasteiger partial charge >= 0.3 is 0 Å². The molecule has 1 atom stereocenters. The maximum Gasteiger partial charge on any atom is 0.240 e. The highest BCUT2D eigenvalue weighted by atomic mass is 32.2. The molecule has 0 heterocycles. The molecule has 1 aromatic rings. The largest absolute Gasteiger partial charge is 0.396 e. The van der Waals surface area contributed by atoms with Crippen LogP contribution in [0.2, 0.25) is 0 Å². The summed E-state index contributed by atoms with van der Waals surface area (Å²) in [6.07, 6.45) is 1.29. The van der Waals surface area contributed by atoms with E-state index in [1.807, 2.05) is 19.1 Å². The van der Waals surface area contributed by atoms with Gasteiger partial charge in [-0.2, -0.15) is 0 Å². The molecule has 17 heavy (non-hydrogen) atoms. The minimum absolute atomic E-state index is 0.0293. The predicted octanol–water partition coefficient (Wildman–Crippen LogP) is 1.30. The Balaban J connectivity index is 2.82. The van der Waals surface area contributed by atoms with Crippen molar-refractivity contribution >= 4 is 10.0 Å². The molecule has 0 spiro atoms. The van der Waals surface area contributed by atoms with Crippen LogP contribution in [0.15, 0.2) is 29.2 Å². The maximum atomic E-state index is 11.9. The SMILES string of the molecule is CCc1ccc(S(=O)(=O)NC(C)CCO)cc1. The summed E-state index contributed by atoms with van der Waals surface area (Å²) in [5.41, 5.74) is 1.10. The Bertz CT molecular complexity index is 439. The van der Waals surface area contributed by atoms with Gasteiger partial charge in [0.05, 0.1) is 4.90 Å². The molecule has 0 fully saturated rings. The Morgan fingerprint density at radius 1 is 1.29 bits per heavy atom. The van der Waals surface area contributed by atoms with E-state index in [1.165, 1.54) is 0 Å². The van der Waals surface area contributed by atoms with Crippen LogP contribution in [0.4, 0.5) is 0 Å². The van der Waals surface area contributed by atoms with Crippen LogP contribution in [-0.4, -0.2) is 26.2 Å². The monoisotopic (exact) mass is 257 g/mol. The van der Waals surface area contributed by atoms with Crippen LogP contribution in [0, 0.1) is 0 Å². The van der Waals surface area contributed by atoms with Gasteiger partial charge in [-0.05, 0) is 37.5 Å². The van der Waals surface area contributed by atoms with Crippen molar-refractivity contribution in [2.45, 2.75) is 37.6 Å². The topological polar surface area (TPSA) is 66.4 Å². The minimum Gasteiger partial charge on any atom is -0.396 e. The Morgan fingerprint density at radius 3 is 2.35 bits per heavy atom. The first kappa shape index (κ1) is 14.2. The number of sulfonamides is 1. The van der Waals surface area contributed by atoms with E-state index in [9.17, 15) is 8.42 Å². The van der Waals surface area contributed by atoms with Crippen LogP contribution in [-0.2, 0) is 16.4 Å². The normalized spacial score (nSPS) is 13.6. The molecule has 1 rings (SSSR count). The number of benzene rings is 1. The summed E-state index contributed by atoms with van der Waals surface area (Å²) in [6, 6.07) is 6.56. The third-order valence-electron chi connectivity index (χ3n) is 2.56. The second-order valence-electron chi connectivity index (χ2n) is 4.03. The molecular weight excluding hydrogens is 238 g/mol. The molecule has 0 aliphatic carbocycles. The van der Waals surface area contributed by atoms with Crippen molar-refractivity contribution in [2.75, 3.05) is 6.61 Å². The standard InChI is InChI=1S/C12H19NO3S/c1-3-11-4-6-12(7-5-11)17(15,16)13-10(2)8-9-14/h4-7,10,13-14H,3,8-9H2,1-2H3. The van der Waals surface area contributed by atoms with E-state index in [4.69, 9.17) is 5.11 Å². The van der Waals surface area contributed by atoms with Crippen molar-refractivity contribution in [3.8, 4) is 0 Å². The average Bonchev–Trinajstić information content (AvgIpc) is 2.28. The Labute approximate surface area is 103 Å². The molecule has 0 bridgehead atoms. The molecule has 0 aliphatic heterocycles. The van der Waals surface area contributed by atoms with Crippen LogP contribution < -0.4 is 4.72 Å². The van der Waals surface area contributed by atoms with Gasteiger partial charge in [0, 0.05) is 12.6 Å². The van der Waals surface area contributed by atoms with Gasteiger partial charge < -0.3 is 5.11 Å². The van der Waals surface area contributed by atoms with E-state index in [0.29, 0.717) is 6.42 Å². The van der Waals surface area contributed by atoms with Gasteiger partial charge in [-0.25, -0.2) is 13.1 Å². The van der Waals surface area contributed by atoms with Crippen LogP contribution in [0.5, 0.6) is 0 Å². The lowest BCUT2D eigenvalue weighted by atomic mass is 10.2. The summed E-state index contributed by atoms with van der Waals surface area (Å²) < 4.78 is 26.4. The third-order valence-corrected chi connectivity index (χ3v) is 4.17. The summed E-state index contributed by atoms with van der Waals surface area (Å²) in [7, 11) is -3.47. The quantitative estimate of drug-likeness (QED) is 0.807. The molecular formula is C12H19NO3S. The second kappa shape index (κ2) is 6.14. The zero-order valence-electron chi connectivity index (χ0n) is 10.2. The lowest BCUT2D eigenvalue weighted by Crippen LogP contribution is -2.33. The number of hydrogen-bond donors (Lipinski definition) is 2. The maximum absolute atomic E-state index is 11.9. The van der Waals surface area contributed by atoms with Crippen LogP contribution in [0.1, 0.15) is 25.8 Å². The van der Waals surface area contributed by atoms with Crippen molar-refractivity contribution in [3.05, 3.63) is 29.8 Å². The fourth-order valence-corrected chi connectivity index (χ4v) is 2.77. The van der Waals surface area contributed by atoms with Gasteiger partial charge in [0.15, 0.2) is 0 Å². The molecule has 1 unspecified atom stereocenters. The van der Waals surface area contributed by atoms with Crippen LogP contribution >= 0.6 is 0 Å². The zero-order chi connectivity index (χ0) is 12.9. The van der Waals surface area contributed by atoms with Crippen molar-refractivity contribution in [3.63, 3.8) is 0 Å². The van der Waals surface area contributed by atoms with Crippen molar-refractivity contribution in [1.82, 2.24) is 4.72 Å². The van der Waals surface area contributed by atoms with E-state index >= 15 is 0 Å². The number of aliphatic hydroxyl groups is 1. The Kier molecular flexibility index (Phi) is 5.11. The van der Waals surface area contributed by atoms with E-state index < -0.39 is 10.0 Å². The first-order valence-electron chi connectivity index (χ1n) is 5.71. The van der Waals surface area contributed by atoms with Crippen molar-refractivity contribution in [1.29, 1.82) is 0 Å². The minimum atomic E-state index is -3.47. The highest BCUT2D eigenvalue weighted by Gasteiger charge is 2.16. The molecule has 0 aromatic heterocycles. The number of aryl methyl sites for hydroxylation is 1. The lowest BCUT2D eigenvalue weighted by Gasteiger charge is -2.13. The molecule has 0 aliphatic rings. The van der Waals surface area contributed by atoms with Crippen molar-refractivity contribution in [2.24, 2.45) is 0 Å². The molecule has 5 heteroatoms. The van der Waals surface area contributed by atoms with E-state index in [1.54, 1.807) is 19.1 Å². The third kappa shape index (κ3) is 4.11. The molecule has 0 saturated carbocycles. The molecule has 0 radical (unpaired) electrons. The fraction of sp³-hybridized carbons (Fsp3) is 0.500. The van der Waals surface area contributed by atoms with E-state index in [0.717, 1.165) is 12.0 Å². The summed E-state index contributed by atoms with van der Waals surface area (Å²) in [6.45, 7) is 3.72. The van der Waals surface area contributed by atoms with Crippen LogP contribution in [0.3, 0.4) is 0 Å². The summed E-state index contributed by atoms with van der Waals surface area (Å²) >= 11 is 0. The fourth-order valence-electron chi connectivity index (χ4n) is 1.49. The van der Waals surface area contributed by atoms with E-state index in [-0.39, 0.29) is 17.5 Å². The molecule has 4 nitrogen and oxygen atoms in total. The smallest absolute Gasteiger partial charge is 0.240 e. The Hall–Kier alpha value is -0.910. The van der Waals surface area contributed by atoms with Crippen LogP contribution in [0.25, 0.3) is 0 Å². The van der Waals surface area contributed by atoms with Crippen molar-refractivity contribution < 1.29 is 13.5 Å². The van der Waals surface area contributed by atoms with Gasteiger partial charge in [0.1, 0.15) is 0 Å². The molecule has 2 N–H and O–H groups in total. The highest BCUT2D eigenvalue weighted by Crippen LogP contribution is 2.11. The summed E-state index contributed by atoms with van der Waals surface area (Å²) in [5, 5.41) is 8.74. The number of nitrogens with one attached hydrogen (secondary N) is 1. The highest BCUT2D eigenvalue weighted by molar-refractivity contribution is 7.89. The molecule has 0 amide bonds. The molecule has 0 saturated heterocycles. The first-order chi connectivity index (χ1) is 7.99. The number of rotatable bonds is 6. The Morgan fingerprint density at radius 2 is 1.88 bits per heavy atom. The van der Waals surface area contributed by atoms with Gasteiger partial charge in [-0.1, -0.05) is 19.1 Å². The van der Waals surface area contributed by atoms with Gasteiger partial charge in [-0.15, -0.1) is 0 Å². The van der Waals surface area contributed by atoms with Gasteiger partial charge in [-0.3, -0.25) is 0 Å².